The molecule has 1 saturated heterocycles. The van der Waals surface area contributed by atoms with Gasteiger partial charge in [-0.2, -0.15) is 4.31 Å². The van der Waals surface area contributed by atoms with Crippen molar-refractivity contribution in [2.45, 2.75) is 37.6 Å². The van der Waals surface area contributed by atoms with Crippen molar-refractivity contribution < 1.29 is 13.5 Å². The Morgan fingerprint density at radius 2 is 2.11 bits per heavy atom. The third-order valence-electron chi connectivity index (χ3n) is 3.44. The molecule has 18 heavy (non-hydrogen) atoms. The second-order valence-corrected chi connectivity index (χ2v) is 6.96. The van der Waals surface area contributed by atoms with Gasteiger partial charge in [-0.05, 0) is 37.0 Å². The molecule has 100 valence electrons. The van der Waals surface area contributed by atoms with E-state index in [1.54, 1.807) is 10.4 Å². The normalized spacial score (nSPS) is 21.6. The minimum Gasteiger partial charge on any atom is -0.508 e. The molecule has 1 unspecified atom stereocenters. The number of hydrogen-bond acceptors (Lipinski definition) is 3. The van der Waals surface area contributed by atoms with Crippen LogP contribution >= 0.6 is 0 Å². The predicted molar refractivity (Wildman–Crippen MR) is 69.9 cm³/mol. The highest BCUT2D eigenvalue weighted by Crippen LogP contribution is 2.30. The molecule has 1 aliphatic rings. The fourth-order valence-corrected chi connectivity index (χ4v) is 4.38. The van der Waals surface area contributed by atoms with Gasteiger partial charge < -0.3 is 5.11 Å². The van der Waals surface area contributed by atoms with E-state index in [4.69, 9.17) is 0 Å². The van der Waals surface area contributed by atoms with Gasteiger partial charge in [0.25, 0.3) is 0 Å². The largest absolute Gasteiger partial charge is 0.508 e. The average Bonchev–Trinajstić information content (AvgIpc) is 2.78. The van der Waals surface area contributed by atoms with Crippen LogP contribution in [0.1, 0.15) is 26.7 Å². The summed E-state index contributed by atoms with van der Waals surface area (Å²) in [5.74, 6) is 0.288. The molecule has 1 heterocycles. The van der Waals surface area contributed by atoms with E-state index >= 15 is 0 Å². The number of phenolic OH excluding ortho intramolecular Hbond substituents is 1. The molecule has 0 aliphatic carbocycles. The minimum atomic E-state index is -3.48. The monoisotopic (exact) mass is 269 g/mol. The molecule has 0 radical (unpaired) electrons. The van der Waals surface area contributed by atoms with E-state index in [9.17, 15) is 13.5 Å². The Labute approximate surface area is 108 Å². The van der Waals surface area contributed by atoms with Gasteiger partial charge in [0, 0.05) is 12.6 Å². The highest BCUT2D eigenvalue weighted by Gasteiger charge is 2.36. The molecule has 1 aliphatic heterocycles. The molecular weight excluding hydrogens is 250 g/mol. The number of phenols is 1. The fourth-order valence-electron chi connectivity index (χ4n) is 2.51. The average molecular weight is 269 g/mol. The van der Waals surface area contributed by atoms with E-state index in [-0.39, 0.29) is 16.7 Å². The highest BCUT2D eigenvalue weighted by atomic mass is 32.2. The number of aromatic hydroxyl groups is 1. The van der Waals surface area contributed by atoms with Crippen LogP contribution in [-0.2, 0) is 10.0 Å². The van der Waals surface area contributed by atoms with E-state index in [1.807, 2.05) is 13.8 Å². The van der Waals surface area contributed by atoms with Crippen LogP contribution in [0.2, 0.25) is 0 Å². The Hall–Kier alpha value is -1.07. The molecule has 1 atom stereocenters. The maximum atomic E-state index is 12.5. The second-order valence-electron chi connectivity index (χ2n) is 5.07. The van der Waals surface area contributed by atoms with Crippen molar-refractivity contribution in [3.05, 3.63) is 24.3 Å². The Bertz CT molecular complexity index is 525. The van der Waals surface area contributed by atoms with Gasteiger partial charge in [-0.25, -0.2) is 8.42 Å². The van der Waals surface area contributed by atoms with E-state index in [1.165, 1.54) is 18.2 Å². The van der Waals surface area contributed by atoms with Crippen LogP contribution in [0.3, 0.4) is 0 Å². The standard InChI is InChI=1S/C13H19NO3S/c1-10(2)13-7-4-8-14(13)18(16,17)12-6-3-5-11(15)9-12/h3,5-6,9-10,13,15H,4,7-8H2,1-2H3. The first kappa shape index (κ1) is 13.4. The lowest BCUT2D eigenvalue weighted by atomic mass is 10.0. The van der Waals surface area contributed by atoms with Crippen molar-refractivity contribution in [2.24, 2.45) is 5.92 Å². The van der Waals surface area contributed by atoms with Crippen LogP contribution in [-0.4, -0.2) is 30.4 Å². The first-order chi connectivity index (χ1) is 8.43. The summed E-state index contributed by atoms with van der Waals surface area (Å²) < 4.78 is 26.6. The molecule has 5 heteroatoms. The quantitative estimate of drug-likeness (QED) is 0.915. The van der Waals surface area contributed by atoms with Crippen LogP contribution < -0.4 is 0 Å². The number of benzene rings is 1. The topological polar surface area (TPSA) is 57.6 Å². The van der Waals surface area contributed by atoms with Gasteiger partial charge in [0.1, 0.15) is 5.75 Å². The van der Waals surface area contributed by atoms with E-state index < -0.39 is 10.0 Å². The summed E-state index contributed by atoms with van der Waals surface area (Å²) in [6.07, 6.45) is 1.82. The molecule has 1 N–H and O–H groups in total. The summed E-state index contributed by atoms with van der Waals surface area (Å²) in [6.45, 7) is 4.66. The zero-order valence-corrected chi connectivity index (χ0v) is 11.5. The lowest BCUT2D eigenvalue weighted by molar-refractivity contribution is 0.315. The first-order valence-corrected chi connectivity index (χ1v) is 7.68. The van der Waals surface area contributed by atoms with E-state index in [0.717, 1.165) is 12.8 Å². The molecule has 0 bridgehead atoms. The zero-order valence-electron chi connectivity index (χ0n) is 10.7. The molecular formula is C13H19NO3S. The van der Waals surface area contributed by atoms with E-state index in [2.05, 4.69) is 0 Å². The molecule has 0 amide bonds. The summed E-state index contributed by atoms with van der Waals surface area (Å²) in [4.78, 5) is 0.176. The molecule has 0 saturated carbocycles. The van der Waals surface area contributed by atoms with Crippen molar-refractivity contribution in [3.63, 3.8) is 0 Å². The number of nitrogens with zero attached hydrogens (tertiary/aromatic N) is 1. The maximum Gasteiger partial charge on any atom is 0.243 e. The van der Waals surface area contributed by atoms with Crippen molar-refractivity contribution in [3.8, 4) is 5.75 Å². The first-order valence-electron chi connectivity index (χ1n) is 6.24. The number of rotatable bonds is 3. The molecule has 1 aromatic carbocycles. The van der Waals surface area contributed by atoms with Gasteiger partial charge in [0.15, 0.2) is 0 Å². The van der Waals surface area contributed by atoms with Gasteiger partial charge in [0.2, 0.25) is 10.0 Å². The summed E-state index contributed by atoms with van der Waals surface area (Å²) in [7, 11) is -3.48. The Balaban J connectivity index is 2.37. The van der Waals surface area contributed by atoms with Gasteiger partial charge in [-0.1, -0.05) is 19.9 Å². The Kier molecular flexibility index (Phi) is 3.64. The van der Waals surface area contributed by atoms with Crippen molar-refractivity contribution >= 4 is 10.0 Å². The fraction of sp³-hybridized carbons (Fsp3) is 0.538. The number of hydrogen-bond donors (Lipinski definition) is 1. The highest BCUT2D eigenvalue weighted by molar-refractivity contribution is 7.89. The zero-order chi connectivity index (χ0) is 13.3. The van der Waals surface area contributed by atoms with Gasteiger partial charge in [-0.15, -0.1) is 0 Å². The third-order valence-corrected chi connectivity index (χ3v) is 5.36. The predicted octanol–water partition coefficient (Wildman–Crippen LogP) is 2.20. The Morgan fingerprint density at radius 3 is 2.72 bits per heavy atom. The van der Waals surface area contributed by atoms with Crippen LogP contribution in [0.5, 0.6) is 5.75 Å². The molecule has 1 fully saturated rings. The number of sulfonamides is 1. The summed E-state index contributed by atoms with van der Waals surface area (Å²) in [5.41, 5.74) is 0. The smallest absolute Gasteiger partial charge is 0.243 e. The summed E-state index contributed by atoms with van der Waals surface area (Å²) in [5, 5.41) is 9.41. The van der Waals surface area contributed by atoms with Crippen molar-refractivity contribution in [1.82, 2.24) is 4.31 Å². The lowest BCUT2D eigenvalue weighted by Crippen LogP contribution is -2.38. The molecule has 4 nitrogen and oxygen atoms in total. The van der Waals surface area contributed by atoms with E-state index in [0.29, 0.717) is 12.5 Å². The molecule has 2 rings (SSSR count). The molecule has 1 aromatic rings. The molecule has 0 aromatic heterocycles. The van der Waals surface area contributed by atoms with Gasteiger partial charge >= 0.3 is 0 Å². The van der Waals surface area contributed by atoms with Crippen molar-refractivity contribution in [1.29, 1.82) is 0 Å². The van der Waals surface area contributed by atoms with Gasteiger partial charge in [-0.3, -0.25) is 0 Å². The SMILES string of the molecule is CC(C)C1CCCN1S(=O)(=O)c1cccc(O)c1. The minimum absolute atomic E-state index is 0.0173. The summed E-state index contributed by atoms with van der Waals surface area (Å²) in [6, 6.07) is 5.94. The van der Waals surface area contributed by atoms with Crippen LogP contribution in [0.4, 0.5) is 0 Å². The van der Waals surface area contributed by atoms with Crippen molar-refractivity contribution in [2.75, 3.05) is 6.54 Å². The maximum absolute atomic E-state index is 12.5. The Morgan fingerprint density at radius 1 is 1.39 bits per heavy atom. The lowest BCUT2D eigenvalue weighted by Gasteiger charge is -2.26. The van der Waals surface area contributed by atoms with Crippen LogP contribution in [0.25, 0.3) is 0 Å². The van der Waals surface area contributed by atoms with Gasteiger partial charge in [0.05, 0.1) is 4.90 Å². The summed E-state index contributed by atoms with van der Waals surface area (Å²) >= 11 is 0. The van der Waals surface area contributed by atoms with Crippen LogP contribution in [0.15, 0.2) is 29.2 Å². The molecule has 0 spiro atoms. The van der Waals surface area contributed by atoms with Crippen LogP contribution in [0, 0.1) is 5.92 Å². The second kappa shape index (κ2) is 4.90. The third kappa shape index (κ3) is 2.37.